The van der Waals surface area contributed by atoms with Crippen molar-refractivity contribution < 1.29 is 4.79 Å². The van der Waals surface area contributed by atoms with Gasteiger partial charge in [-0.05, 0) is 42.7 Å². The fraction of sp³-hybridized carbons (Fsp3) is 0.250. The van der Waals surface area contributed by atoms with Crippen LogP contribution < -0.4 is 16.6 Å². The summed E-state index contributed by atoms with van der Waals surface area (Å²) in [4.78, 5) is 16.7. The van der Waals surface area contributed by atoms with Crippen molar-refractivity contribution in [3.05, 3.63) is 53.2 Å². The minimum atomic E-state index is -0.179. The topological polar surface area (TPSA) is 80.0 Å². The lowest BCUT2D eigenvalue weighted by atomic mass is 10.1. The largest absolute Gasteiger partial charge is 0.322 e. The van der Waals surface area contributed by atoms with Gasteiger partial charge in [0.15, 0.2) is 0 Å². The van der Waals surface area contributed by atoms with Crippen molar-refractivity contribution in [1.29, 1.82) is 0 Å². The first kappa shape index (κ1) is 15.0. The SMILES string of the molecule is Cc1cccc(NC(=O)c2cc(NN)nc(C(C)C)c2)c1. The van der Waals surface area contributed by atoms with Crippen molar-refractivity contribution in [2.24, 2.45) is 5.84 Å². The number of nitrogens with one attached hydrogen (secondary N) is 2. The van der Waals surface area contributed by atoms with Gasteiger partial charge < -0.3 is 10.7 Å². The second kappa shape index (κ2) is 6.37. The van der Waals surface area contributed by atoms with E-state index in [9.17, 15) is 4.79 Å². The van der Waals surface area contributed by atoms with Gasteiger partial charge in [-0.2, -0.15) is 0 Å². The zero-order valence-corrected chi connectivity index (χ0v) is 12.5. The average Bonchev–Trinajstić information content (AvgIpc) is 2.46. The van der Waals surface area contributed by atoms with E-state index in [-0.39, 0.29) is 11.8 Å². The predicted molar refractivity (Wildman–Crippen MR) is 85.3 cm³/mol. The summed E-state index contributed by atoms with van der Waals surface area (Å²) >= 11 is 0. The molecule has 0 fully saturated rings. The number of carbonyl (C=O) groups excluding carboxylic acids is 1. The van der Waals surface area contributed by atoms with Gasteiger partial charge in [-0.3, -0.25) is 4.79 Å². The molecular weight excluding hydrogens is 264 g/mol. The molecule has 0 atom stereocenters. The number of hydrogen-bond donors (Lipinski definition) is 3. The third kappa shape index (κ3) is 3.79. The molecule has 1 aromatic carbocycles. The Morgan fingerprint density at radius 1 is 1.24 bits per heavy atom. The molecule has 0 aliphatic heterocycles. The molecule has 0 bridgehead atoms. The fourth-order valence-corrected chi connectivity index (χ4v) is 1.98. The summed E-state index contributed by atoms with van der Waals surface area (Å²) in [5.41, 5.74) is 5.71. The van der Waals surface area contributed by atoms with Gasteiger partial charge in [0.25, 0.3) is 5.91 Å². The molecule has 1 heterocycles. The lowest BCUT2D eigenvalue weighted by Crippen LogP contribution is -2.16. The minimum Gasteiger partial charge on any atom is -0.322 e. The van der Waals surface area contributed by atoms with E-state index in [1.807, 2.05) is 45.0 Å². The molecule has 1 aromatic heterocycles. The second-order valence-corrected chi connectivity index (χ2v) is 5.29. The Bertz CT molecular complexity index is 652. The molecule has 5 nitrogen and oxygen atoms in total. The van der Waals surface area contributed by atoms with Crippen molar-refractivity contribution in [2.75, 3.05) is 10.7 Å². The number of pyridine rings is 1. The van der Waals surface area contributed by atoms with Crippen LogP contribution >= 0.6 is 0 Å². The molecule has 0 unspecified atom stereocenters. The van der Waals surface area contributed by atoms with Crippen LogP contribution in [0.25, 0.3) is 0 Å². The van der Waals surface area contributed by atoms with E-state index in [1.165, 1.54) is 0 Å². The number of nitrogen functional groups attached to an aromatic ring is 1. The number of amides is 1. The Morgan fingerprint density at radius 3 is 2.62 bits per heavy atom. The maximum Gasteiger partial charge on any atom is 0.255 e. The van der Waals surface area contributed by atoms with Crippen LogP contribution in [0.5, 0.6) is 0 Å². The summed E-state index contributed by atoms with van der Waals surface area (Å²) in [5.74, 6) is 5.93. The summed E-state index contributed by atoms with van der Waals surface area (Å²) in [6.45, 7) is 6.02. The van der Waals surface area contributed by atoms with Gasteiger partial charge in [-0.1, -0.05) is 26.0 Å². The molecule has 0 aliphatic rings. The van der Waals surface area contributed by atoms with Gasteiger partial charge >= 0.3 is 0 Å². The number of anilines is 2. The molecule has 1 amide bonds. The zero-order chi connectivity index (χ0) is 15.4. The lowest BCUT2D eigenvalue weighted by Gasteiger charge is -2.11. The van der Waals surface area contributed by atoms with Crippen LogP contribution in [0.4, 0.5) is 11.5 Å². The Hall–Kier alpha value is -2.40. The highest BCUT2D eigenvalue weighted by Crippen LogP contribution is 2.18. The maximum atomic E-state index is 12.4. The highest BCUT2D eigenvalue weighted by Gasteiger charge is 2.12. The van der Waals surface area contributed by atoms with Crippen molar-refractivity contribution in [3.8, 4) is 0 Å². The standard InChI is InChI=1S/C16H20N4O/c1-10(2)14-8-12(9-15(19-14)20-17)16(21)18-13-6-4-5-11(3)7-13/h4-10H,17H2,1-3H3,(H,18,21)(H,19,20). The van der Waals surface area contributed by atoms with Gasteiger partial charge in [0.1, 0.15) is 5.82 Å². The predicted octanol–water partition coefficient (Wildman–Crippen LogP) is 3.05. The van der Waals surface area contributed by atoms with E-state index < -0.39 is 0 Å². The third-order valence-corrected chi connectivity index (χ3v) is 3.12. The normalized spacial score (nSPS) is 10.5. The Balaban J connectivity index is 2.28. The van der Waals surface area contributed by atoms with Crippen molar-refractivity contribution >= 4 is 17.4 Å². The van der Waals surface area contributed by atoms with Crippen LogP contribution in [-0.2, 0) is 0 Å². The first-order chi connectivity index (χ1) is 9.99. The molecule has 110 valence electrons. The van der Waals surface area contributed by atoms with Crippen LogP contribution in [0.1, 0.15) is 41.4 Å². The van der Waals surface area contributed by atoms with E-state index in [4.69, 9.17) is 5.84 Å². The number of aryl methyl sites for hydroxylation is 1. The summed E-state index contributed by atoms with van der Waals surface area (Å²) in [6.07, 6.45) is 0. The Labute approximate surface area is 124 Å². The number of rotatable bonds is 4. The minimum absolute atomic E-state index is 0.179. The molecule has 2 aromatic rings. The van der Waals surface area contributed by atoms with Crippen molar-refractivity contribution in [1.82, 2.24) is 4.98 Å². The van der Waals surface area contributed by atoms with E-state index in [0.717, 1.165) is 16.9 Å². The van der Waals surface area contributed by atoms with Gasteiger partial charge in [0, 0.05) is 16.9 Å². The summed E-state index contributed by atoms with van der Waals surface area (Å²) < 4.78 is 0. The lowest BCUT2D eigenvalue weighted by molar-refractivity contribution is 0.102. The monoisotopic (exact) mass is 284 g/mol. The highest BCUT2D eigenvalue weighted by molar-refractivity contribution is 6.04. The second-order valence-electron chi connectivity index (χ2n) is 5.29. The molecule has 4 N–H and O–H groups in total. The number of hydrogen-bond acceptors (Lipinski definition) is 4. The summed E-state index contributed by atoms with van der Waals surface area (Å²) in [7, 11) is 0. The van der Waals surface area contributed by atoms with E-state index >= 15 is 0 Å². The maximum absolute atomic E-state index is 12.4. The quantitative estimate of drug-likeness (QED) is 0.595. The van der Waals surface area contributed by atoms with Gasteiger partial charge in [-0.25, -0.2) is 10.8 Å². The molecule has 0 spiro atoms. The summed E-state index contributed by atoms with van der Waals surface area (Å²) in [6, 6.07) is 11.1. The molecule has 2 rings (SSSR count). The molecular formula is C16H20N4O. The molecule has 21 heavy (non-hydrogen) atoms. The molecule has 0 aliphatic carbocycles. The average molecular weight is 284 g/mol. The van der Waals surface area contributed by atoms with E-state index in [0.29, 0.717) is 11.4 Å². The molecule has 0 radical (unpaired) electrons. The van der Waals surface area contributed by atoms with Crippen molar-refractivity contribution in [2.45, 2.75) is 26.7 Å². The van der Waals surface area contributed by atoms with Gasteiger partial charge in [-0.15, -0.1) is 0 Å². The summed E-state index contributed by atoms with van der Waals surface area (Å²) in [5, 5.41) is 2.88. The van der Waals surface area contributed by atoms with Crippen LogP contribution in [-0.4, -0.2) is 10.9 Å². The molecule has 0 saturated heterocycles. The van der Waals surface area contributed by atoms with Gasteiger partial charge in [0.2, 0.25) is 0 Å². The first-order valence-corrected chi connectivity index (χ1v) is 6.86. The van der Waals surface area contributed by atoms with E-state index in [2.05, 4.69) is 15.7 Å². The highest BCUT2D eigenvalue weighted by atomic mass is 16.1. The Kier molecular flexibility index (Phi) is 4.55. The van der Waals surface area contributed by atoms with Crippen LogP contribution in [0.3, 0.4) is 0 Å². The van der Waals surface area contributed by atoms with E-state index in [1.54, 1.807) is 12.1 Å². The smallest absolute Gasteiger partial charge is 0.255 e. The molecule has 5 heteroatoms. The number of carbonyl (C=O) groups is 1. The zero-order valence-electron chi connectivity index (χ0n) is 12.5. The number of aromatic nitrogens is 1. The number of benzene rings is 1. The Morgan fingerprint density at radius 2 is 2.00 bits per heavy atom. The first-order valence-electron chi connectivity index (χ1n) is 6.86. The fourth-order valence-electron chi connectivity index (χ4n) is 1.98. The van der Waals surface area contributed by atoms with Gasteiger partial charge in [0.05, 0.1) is 0 Å². The number of hydrazine groups is 1. The number of nitrogens with zero attached hydrogens (tertiary/aromatic N) is 1. The number of nitrogens with two attached hydrogens (primary N) is 1. The third-order valence-electron chi connectivity index (χ3n) is 3.12. The van der Waals surface area contributed by atoms with Crippen LogP contribution in [0.2, 0.25) is 0 Å². The van der Waals surface area contributed by atoms with Crippen LogP contribution in [0.15, 0.2) is 36.4 Å². The molecule has 0 saturated carbocycles. The van der Waals surface area contributed by atoms with Crippen LogP contribution in [0, 0.1) is 6.92 Å². The van der Waals surface area contributed by atoms with Crippen molar-refractivity contribution in [3.63, 3.8) is 0 Å².